The van der Waals surface area contributed by atoms with Crippen molar-refractivity contribution in [2.45, 2.75) is 26.3 Å². The number of hydrogen-bond acceptors (Lipinski definition) is 3. The molecule has 1 unspecified atom stereocenters. The summed E-state index contributed by atoms with van der Waals surface area (Å²) in [7, 11) is 0. The van der Waals surface area contributed by atoms with E-state index < -0.39 is 5.97 Å². The third kappa shape index (κ3) is 3.70. The molecule has 1 amide bonds. The van der Waals surface area contributed by atoms with Crippen molar-refractivity contribution >= 4 is 23.5 Å². The first-order valence-electron chi connectivity index (χ1n) is 5.60. The molecule has 1 atom stereocenters. The van der Waals surface area contributed by atoms with Crippen LogP contribution < -0.4 is 0 Å². The predicted octanol–water partition coefficient (Wildman–Crippen LogP) is 2.06. The highest BCUT2D eigenvalue weighted by Crippen LogP contribution is 2.13. The summed E-state index contributed by atoms with van der Waals surface area (Å²) in [5.74, 6) is -1.17. The summed E-state index contributed by atoms with van der Waals surface area (Å²) in [4.78, 5) is 28.2. The number of nitrogens with zero attached hydrogens (tertiary/aromatic N) is 2. The lowest BCUT2D eigenvalue weighted by Gasteiger charge is -2.27. The number of carboxylic acid groups (broad SMARTS) is 1. The summed E-state index contributed by atoms with van der Waals surface area (Å²) in [6, 6.07) is 2.66. The Morgan fingerprint density at radius 1 is 1.56 bits per heavy atom. The van der Waals surface area contributed by atoms with Crippen molar-refractivity contribution in [2.75, 3.05) is 6.54 Å². The topological polar surface area (TPSA) is 70.5 Å². The van der Waals surface area contributed by atoms with Gasteiger partial charge in [-0.05, 0) is 26.0 Å². The molecule has 0 saturated heterocycles. The van der Waals surface area contributed by atoms with Gasteiger partial charge in [-0.2, -0.15) is 0 Å². The molecule has 0 saturated carbocycles. The minimum Gasteiger partial charge on any atom is -0.481 e. The molecular weight excluding hydrogens is 256 g/mol. The van der Waals surface area contributed by atoms with Crippen LogP contribution in [0.3, 0.4) is 0 Å². The molecule has 1 aromatic heterocycles. The monoisotopic (exact) mass is 270 g/mol. The maximum absolute atomic E-state index is 12.2. The maximum atomic E-state index is 12.2. The lowest BCUT2D eigenvalue weighted by Crippen LogP contribution is -2.39. The summed E-state index contributed by atoms with van der Waals surface area (Å²) in [5.41, 5.74) is 0.411. The Hall–Kier alpha value is -1.62. The number of rotatable bonds is 5. The minimum absolute atomic E-state index is 0.0849. The summed E-state index contributed by atoms with van der Waals surface area (Å²) < 4.78 is 0. The number of carbonyl (C=O) groups is 2. The largest absolute Gasteiger partial charge is 0.481 e. The standard InChI is InChI=1S/C12H15ClN2O3/c1-3-15(8(2)6-11(16)17)12(18)9-4-5-14-10(13)7-9/h4-5,7-8H,3,6H2,1-2H3,(H,16,17). The fourth-order valence-corrected chi connectivity index (χ4v) is 1.89. The fraction of sp³-hybridized carbons (Fsp3) is 0.417. The second-order valence-electron chi connectivity index (χ2n) is 3.91. The van der Waals surface area contributed by atoms with Gasteiger partial charge in [0, 0.05) is 24.3 Å². The van der Waals surface area contributed by atoms with Gasteiger partial charge >= 0.3 is 5.97 Å². The van der Waals surface area contributed by atoms with Gasteiger partial charge in [0.2, 0.25) is 0 Å². The number of aliphatic carboxylic acids is 1. The molecule has 0 fully saturated rings. The number of carbonyl (C=O) groups excluding carboxylic acids is 1. The van der Waals surface area contributed by atoms with Crippen molar-refractivity contribution in [1.29, 1.82) is 0 Å². The van der Waals surface area contributed by atoms with Gasteiger partial charge in [-0.15, -0.1) is 0 Å². The van der Waals surface area contributed by atoms with Crippen LogP contribution in [0, 0.1) is 0 Å². The molecule has 1 heterocycles. The quantitative estimate of drug-likeness (QED) is 0.832. The Bertz CT molecular complexity index is 451. The molecular formula is C12H15ClN2O3. The molecule has 1 aromatic rings. The lowest BCUT2D eigenvalue weighted by atomic mass is 10.1. The van der Waals surface area contributed by atoms with E-state index in [1.165, 1.54) is 17.2 Å². The third-order valence-electron chi connectivity index (χ3n) is 2.58. The molecule has 0 radical (unpaired) electrons. The van der Waals surface area contributed by atoms with Crippen molar-refractivity contribution in [1.82, 2.24) is 9.88 Å². The Labute approximate surface area is 110 Å². The number of halogens is 1. The Balaban J connectivity index is 2.88. The third-order valence-corrected chi connectivity index (χ3v) is 2.78. The molecule has 1 N–H and O–H groups in total. The molecule has 0 aliphatic rings. The van der Waals surface area contributed by atoms with Crippen molar-refractivity contribution in [3.8, 4) is 0 Å². The Morgan fingerprint density at radius 3 is 2.72 bits per heavy atom. The Kier molecular flexibility index (Phi) is 5.09. The zero-order valence-electron chi connectivity index (χ0n) is 10.3. The molecule has 0 aliphatic carbocycles. The number of aromatic nitrogens is 1. The zero-order valence-corrected chi connectivity index (χ0v) is 11.0. The first kappa shape index (κ1) is 14.4. The van der Waals surface area contributed by atoms with Gasteiger partial charge in [-0.3, -0.25) is 9.59 Å². The van der Waals surface area contributed by atoms with Crippen LogP contribution in [0.15, 0.2) is 18.3 Å². The van der Waals surface area contributed by atoms with Crippen LogP contribution in [-0.2, 0) is 4.79 Å². The van der Waals surface area contributed by atoms with Gasteiger partial charge in [0.05, 0.1) is 6.42 Å². The van der Waals surface area contributed by atoms with E-state index in [4.69, 9.17) is 16.7 Å². The van der Waals surface area contributed by atoms with Crippen LogP contribution in [0.2, 0.25) is 5.15 Å². The van der Waals surface area contributed by atoms with E-state index in [0.717, 1.165) is 0 Å². The van der Waals surface area contributed by atoms with E-state index in [0.29, 0.717) is 12.1 Å². The smallest absolute Gasteiger partial charge is 0.305 e. The fourth-order valence-electron chi connectivity index (χ4n) is 1.72. The van der Waals surface area contributed by atoms with E-state index in [-0.39, 0.29) is 23.5 Å². The molecule has 0 aromatic carbocycles. The van der Waals surface area contributed by atoms with Crippen molar-refractivity contribution in [3.63, 3.8) is 0 Å². The van der Waals surface area contributed by atoms with Gasteiger partial charge in [0.1, 0.15) is 5.15 Å². The normalized spacial score (nSPS) is 11.9. The molecule has 0 bridgehead atoms. The first-order chi connectivity index (χ1) is 8.45. The molecule has 1 rings (SSSR count). The summed E-state index contributed by atoms with van der Waals surface area (Å²) in [6.07, 6.45) is 1.36. The van der Waals surface area contributed by atoms with Crippen molar-refractivity contribution < 1.29 is 14.7 Å². The highest BCUT2D eigenvalue weighted by molar-refractivity contribution is 6.29. The van der Waals surface area contributed by atoms with E-state index >= 15 is 0 Å². The van der Waals surface area contributed by atoms with E-state index in [1.54, 1.807) is 19.9 Å². The molecule has 0 aliphatic heterocycles. The molecule has 18 heavy (non-hydrogen) atoms. The van der Waals surface area contributed by atoms with Crippen LogP contribution in [0.1, 0.15) is 30.6 Å². The average Bonchev–Trinajstić information content (AvgIpc) is 2.28. The maximum Gasteiger partial charge on any atom is 0.305 e. The van der Waals surface area contributed by atoms with Gasteiger partial charge in [-0.1, -0.05) is 11.6 Å². The van der Waals surface area contributed by atoms with Gasteiger partial charge in [0.25, 0.3) is 5.91 Å². The number of carboxylic acids is 1. The van der Waals surface area contributed by atoms with E-state index in [1.807, 2.05) is 0 Å². The zero-order chi connectivity index (χ0) is 13.7. The van der Waals surface area contributed by atoms with Crippen LogP contribution in [0.4, 0.5) is 0 Å². The summed E-state index contributed by atoms with van der Waals surface area (Å²) in [5, 5.41) is 8.99. The second-order valence-corrected chi connectivity index (χ2v) is 4.29. The van der Waals surface area contributed by atoms with Crippen molar-refractivity contribution in [2.24, 2.45) is 0 Å². The van der Waals surface area contributed by atoms with Crippen molar-refractivity contribution in [3.05, 3.63) is 29.0 Å². The second kappa shape index (κ2) is 6.35. The first-order valence-corrected chi connectivity index (χ1v) is 5.97. The molecule has 98 valence electrons. The van der Waals surface area contributed by atoms with Gasteiger partial charge in [-0.25, -0.2) is 4.98 Å². The SMILES string of the molecule is CCN(C(=O)c1ccnc(Cl)c1)C(C)CC(=O)O. The van der Waals surface area contributed by atoms with Gasteiger partial charge < -0.3 is 10.0 Å². The average molecular weight is 271 g/mol. The number of pyridine rings is 1. The summed E-state index contributed by atoms with van der Waals surface area (Å²) >= 11 is 5.72. The molecule has 0 spiro atoms. The lowest BCUT2D eigenvalue weighted by molar-refractivity contribution is -0.138. The number of amides is 1. The minimum atomic E-state index is -0.929. The predicted molar refractivity (Wildman–Crippen MR) is 67.7 cm³/mol. The van der Waals surface area contributed by atoms with E-state index in [9.17, 15) is 9.59 Å². The van der Waals surface area contributed by atoms with Crippen LogP contribution in [-0.4, -0.2) is 39.5 Å². The molecule has 6 heteroatoms. The molecule has 5 nitrogen and oxygen atoms in total. The Morgan fingerprint density at radius 2 is 2.22 bits per heavy atom. The van der Waals surface area contributed by atoms with E-state index in [2.05, 4.69) is 4.98 Å². The number of hydrogen-bond donors (Lipinski definition) is 1. The van der Waals surface area contributed by atoms with Crippen LogP contribution in [0.5, 0.6) is 0 Å². The summed E-state index contributed by atoms with van der Waals surface area (Å²) in [6.45, 7) is 3.95. The van der Waals surface area contributed by atoms with Crippen LogP contribution >= 0.6 is 11.6 Å². The highest BCUT2D eigenvalue weighted by atomic mass is 35.5. The van der Waals surface area contributed by atoms with Crippen LogP contribution in [0.25, 0.3) is 0 Å². The highest BCUT2D eigenvalue weighted by Gasteiger charge is 2.22. The van der Waals surface area contributed by atoms with Gasteiger partial charge in [0.15, 0.2) is 0 Å².